The van der Waals surface area contributed by atoms with Gasteiger partial charge in [-0.25, -0.2) is 14.5 Å². The Kier molecular flexibility index (Phi) is 5.52. The van der Waals surface area contributed by atoms with Crippen molar-refractivity contribution >= 4 is 17.5 Å². The van der Waals surface area contributed by atoms with Crippen molar-refractivity contribution in [1.82, 2.24) is 19.7 Å². The van der Waals surface area contributed by atoms with E-state index in [-0.39, 0.29) is 12.2 Å². The SMILES string of the molecule is CCOC(=O)c1cnc(-n2cc(C)cn2)nc1Nc1ccc(-c2ccccc2)cc1. The molecule has 2 heterocycles. The van der Waals surface area contributed by atoms with Crippen molar-refractivity contribution in [3.8, 4) is 17.1 Å². The summed E-state index contributed by atoms with van der Waals surface area (Å²) in [5.41, 5.74) is 4.27. The molecule has 7 heteroatoms. The molecule has 0 radical (unpaired) electrons. The molecule has 0 saturated heterocycles. The zero-order valence-electron chi connectivity index (χ0n) is 16.7. The minimum absolute atomic E-state index is 0.261. The highest BCUT2D eigenvalue weighted by atomic mass is 16.5. The summed E-state index contributed by atoms with van der Waals surface area (Å²) in [4.78, 5) is 21.2. The predicted molar refractivity (Wildman–Crippen MR) is 115 cm³/mol. The highest BCUT2D eigenvalue weighted by molar-refractivity contribution is 5.95. The van der Waals surface area contributed by atoms with Crippen LogP contribution >= 0.6 is 0 Å². The lowest BCUT2D eigenvalue weighted by molar-refractivity contribution is 0.0526. The van der Waals surface area contributed by atoms with Gasteiger partial charge in [-0.3, -0.25) is 0 Å². The molecule has 0 aliphatic heterocycles. The van der Waals surface area contributed by atoms with Gasteiger partial charge < -0.3 is 10.1 Å². The highest BCUT2D eigenvalue weighted by Crippen LogP contribution is 2.24. The van der Waals surface area contributed by atoms with Gasteiger partial charge in [0, 0.05) is 18.1 Å². The molecule has 150 valence electrons. The van der Waals surface area contributed by atoms with Crippen LogP contribution in [0.3, 0.4) is 0 Å². The molecule has 0 unspecified atom stereocenters. The first-order chi connectivity index (χ1) is 14.6. The van der Waals surface area contributed by atoms with Crippen LogP contribution in [-0.4, -0.2) is 32.3 Å². The third kappa shape index (κ3) is 4.20. The normalized spacial score (nSPS) is 10.6. The lowest BCUT2D eigenvalue weighted by atomic mass is 10.1. The van der Waals surface area contributed by atoms with Crippen molar-refractivity contribution in [3.05, 3.63) is 84.3 Å². The minimum atomic E-state index is -0.482. The lowest BCUT2D eigenvalue weighted by Gasteiger charge is -2.12. The Morgan fingerprint density at radius 3 is 2.43 bits per heavy atom. The maximum Gasteiger partial charge on any atom is 0.343 e. The van der Waals surface area contributed by atoms with Crippen LogP contribution in [0, 0.1) is 6.92 Å². The maximum atomic E-state index is 12.4. The molecule has 0 fully saturated rings. The number of esters is 1. The van der Waals surface area contributed by atoms with E-state index < -0.39 is 5.97 Å². The Labute approximate surface area is 174 Å². The smallest absolute Gasteiger partial charge is 0.343 e. The van der Waals surface area contributed by atoms with Crippen LogP contribution in [-0.2, 0) is 4.74 Å². The number of rotatable bonds is 6. The van der Waals surface area contributed by atoms with Crippen LogP contribution in [0.4, 0.5) is 11.5 Å². The second-order valence-electron chi connectivity index (χ2n) is 6.68. The molecule has 0 spiro atoms. The minimum Gasteiger partial charge on any atom is -0.462 e. The van der Waals surface area contributed by atoms with E-state index >= 15 is 0 Å². The van der Waals surface area contributed by atoms with Crippen LogP contribution in [0.2, 0.25) is 0 Å². The summed E-state index contributed by atoms with van der Waals surface area (Å²) in [5.74, 6) is 0.239. The molecule has 0 saturated carbocycles. The van der Waals surface area contributed by atoms with Crippen molar-refractivity contribution in [2.45, 2.75) is 13.8 Å². The molecule has 4 rings (SSSR count). The lowest BCUT2D eigenvalue weighted by Crippen LogP contribution is -2.13. The van der Waals surface area contributed by atoms with Crippen LogP contribution in [0.1, 0.15) is 22.8 Å². The molecular formula is C23H21N5O2. The van der Waals surface area contributed by atoms with Crippen molar-refractivity contribution in [2.24, 2.45) is 0 Å². The molecule has 0 aliphatic rings. The summed E-state index contributed by atoms with van der Waals surface area (Å²) in [5, 5.41) is 7.45. The van der Waals surface area contributed by atoms with Crippen molar-refractivity contribution in [1.29, 1.82) is 0 Å². The number of carbonyl (C=O) groups excluding carboxylic acids is 1. The topological polar surface area (TPSA) is 81.9 Å². The van der Waals surface area contributed by atoms with Crippen molar-refractivity contribution in [3.63, 3.8) is 0 Å². The van der Waals surface area contributed by atoms with Gasteiger partial charge >= 0.3 is 5.97 Å². The van der Waals surface area contributed by atoms with Gasteiger partial charge in [-0.1, -0.05) is 42.5 Å². The Hall–Kier alpha value is -4.00. The summed E-state index contributed by atoms with van der Waals surface area (Å²) < 4.78 is 6.72. The number of aryl methyl sites for hydroxylation is 1. The molecule has 0 atom stereocenters. The number of anilines is 2. The quantitative estimate of drug-likeness (QED) is 0.479. The van der Waals surface area contributed by atoms with Gasteiger partial charge in [-0.05, 0) is 42.7 Å². The van der Waals surface area contributed by atoms with Gasteiger partial charge in [0.1, 0.15) is 5.56 Å². The first-order valence-electron chi connectivity index (χ1n) is 9.62. The van der Waals surface area contributed by atoms with E-state index in [1.54, 1.807) is 17.8 Å². The van der Waals surface area contributed by atoms with E-state index in [2.05, 4.69) is 32.5 Å². The van der Waals surface area contributed by atoms with Gasteiger partial charge in [0.15, 0.2) is 5.82 Å². The Morgan fingerprint density at radius 1 is 1.03 bits per heavy atom. The van der Waals surface area contributed by atoms with Crippen LogP contribution in [0.15, 0.2) is 73.2 Å². The summed E-state index contributed by atoms with van der Waals surface area (Å²) in [6.07, 6.45) is 4.99. The Balaban J connectivity index is 1.66. The number of aromatic nitrogens is 4. The third-order valence-corrected chi connectivity index (χ3v) is 4.44. The molecular weight excluding hydrogens is 378 g/mol. The summed E-state index contributed by atoms with van der Waals surface area (Å²) in [6.45, 7) is 3.96. The number of hydrogen-bond acceptors (Lipinski definition) is 6. The third-order valence-electron chi connectivity index (χ3n) is 4.44. The molecule has 7 nitrogen and oxygen atoms in total. The fraction of sp³-hybridized carbons (Fsp3) is 0.130. The van der Waals surface area contributed by atoms with Crippen LogP contribution in [0.5, 0.6) is 0 Å². The number of ether oxygens (including phenoxy) is 1. The molecule has 1 N–H and O–H groups in total. The van der Waals surface area contributed by atoms with Gasteiger partial charge in [0.2, 0.25) is 0 Å². The number of carbonyl (C=O) groups is 1. The van der Waals surface area contributed by atoms with Gasteiger partial charge in [0.05, 0.1) is 12.8 Å². The average Bonchev–Trinajstić information content (AvgIpc) is 3.21. The first-order valence-corrected chi connectivity index (χ1v) is 9.62. The summed E-state index contributed by atoms with van der Waals surface area (Å²) >= 11 is 0. The number of nitrogens with one attached hydrogen (secondary N) is 1. The van der Waals surface area contributed by atoms with E-state index in [1.807, 2.05) is 55.6 Å². The van der Waals surface area contributed by atoms with Gasteiger partial charge in [-0.2, -0.15) is 10.1 Å². The predicted octanol–water partition coefficient (Wildman–Crippen LogP) is 4.56. The monoisotopic (exact) mass is 399 g/mol. The first kappa shape index (κ1) is 19.3. The zero-order chi connectivity index (χ0) is 20.9. The molecule has 30 heavy (non-hydrogen) atoms. The number of nitrogens with zero attached hydrogens (tertiary/aromatic N) is 4. The Morgan fingerprint density at radius 2 is 1.77 bits per heavy atom. The fourth-order valence-electron chi connectivity index (χ4n) is 2.97. The second kappa shape index (κ2) is 8.57. The average molecular weight is 399 g/mol. The summed E-state index contributed by atoms with van der Waals surface area (Å²) in [7, 11) is 0. The molecule has 0 aliphatic carbocycles. The van der Waals surface area contributed by atoms with Gasteiger partial charge in [0.25, 0.3) is 5.95 Å². The molecule has 0 amide bonds. The molecule has 2 aromatic heterocycles. The summed E-state index contributed by atoms with van der Waals surface area (Å²) in [6, 6.07) is 18.0. The zero-order valence-corrected chi connectivity index (χ0v) is 16.7. The van der Waals surface area contributed by atoms with E-state index in [9.17, 15) is 4.79 Å². The maximum absolute atomic E-state index is 12.4. The second-order valence-corrected chi connectivity index (χ2v) is 6.68. The standard InChI is InChI=1S/C23H21N5O2/c1-3-30-22(29)20-14-24-23(28-15-16(2)13-25-28)27-21(20)26-19-11-9-18(10-12-19)17-7-5-4-6-8-17/h4-15H,3H2,1-2H3,(H,24,26,27). The van der Waals surface area contributed by atoms with E-state index in [0.717, 1.165) is 22.4 Å². The van der Waals surface area contributed by atoms with Crippen LogP contribution < -0.4 is 5.32 Å². The van der Waals surface area contributed by atoms with E-state index in [4.69, 9.17) is 4.74 Å². The molecule has 4 aromatic rings. The largest absolute Gasteiger partial charge is 0.462 e. The number of hydrogen-bond donors (Lipinski definition) is 1. The molecule has 2 aromatic carbocycles. The Bertz CT molecular complexity index is 1150. The van der Waals surface area contributed by atoms with Gasteiger partial charge in [-0.15, -0.1) is 0 Å². The van der Waals surface area contributed by atoms with Crippen LogP contribution in [0.25, 0.3) is 17.1 Å². The fourth-order valence-corrected chi connectivity index (χ4v) is 2.97. The van der Waals surface area contributed by atoms with E-state index in [0.29, 0.717) is 11.8 Å². The highest BCUT2D eigenvalue weighted by Gasteiger charge is 2.17. The molecule has 0 bridgehead atoms. The van der Waals surface area contributed by atoms with E-state index in [1.165, 1.54) is 6.20 Å². The van der Waals surface area contributed by atoms with Crippen molar-refractivity contribution < 1.29 is 9.53 Å². The number of benzene rings is 2. The van der Waals surface area contributed by atoms with Crippen molar-refractivity contribution in [2.75, 3.05) is 11.9 Å².